The monoisotopic (exact) mass is 354 g/mol. The second-order valence-electron chi connectivity index (χ2n) is 4.02. The van der Waals surface area contributed by atoms with Crippen LogP contribution >= 0.6 is 27.5 Å². The molecule has 2 aromatic rings. The number of halogens is 2. The largest absolute Gasteiger partial charge is 0.493 e. The second kappa shape index (κ2) is 6.29. The van der Waals surface area contributed by atoms with Gasteiger partial charge >= 0.3 is 0 Å². The van der Waals surface area contributed by atoms with Gasteiger partial charge in [0.25, 0.3) is 0 Å². The molecule has 104 valence electrons. The van der Waals surface area contributed by atoms with E-state index in [1.165, 1.54) is 14.2 Å². The Morgan fingerprint density at radius 2 is 1.60 bits per heavy atom. The third-order valence-corrected chi connectivity index (χ3v) is 3.67. The number of carbonyl (C=O) groups is 1. The molecule has 3 nitrogen and oxygen atoms in total. The Bertz CT molecular complexity index is 638. The summed E-state index contributed by atoms with van der Waals surface area (Å²) in [6.45, 7) is 0. The summed E-state index contributed by atoms with van der Waals surface area (Å²) in [6, 6.07) is 10.3. The first-order chi connectivity index (χ1) is 9.56. The number of hydrogen-bond acceptors (Lipinski definition) is 3. The summed E-state index contributed by atoms with van der Waals surface area (Å²) in [7, 11) is 3.03. The maximum absolute atomic E-state index is 12.5. The molecule has 5 heteroatoms. The van der Waals surface area contributed by atoms with Crippen LogP contribution in [0.4, 0.5) is 0 Å². The lowest BCUT2D eigenvalue weighted by atomic mass is 10.0. The predicted molar refractivity (Wildman–Crippen MR) is 82.1 cm³/mol. The molecule has 0 aromatic heterocycles. The third kappa shape index (κ3) is 2.97. The molecule has 0 unspecified atom stereocenters. The molecule has 0 radical (unpaired) electrons. The molecule has 0 aliphatic heterocycles. The highest BCUT2D eigenvalue weighted by Gasteiger charge is 2.17. The molecule has 0 fully saturated rings. The number of carbonyl (C=O) groups excluding carboxylic acids is 1. The van der Waals surface area contributed by atoms with E-state index in [0.29, 0.717) is 27.6 Å². The first-order valence-corrected chi connectivity index (χ1v) is 6.95. The highest BCUT2D eigenvalue weighted by molar-refractivity contribution is 9.10. The van der Waals surface area contributed by atoms with Crippen molar-refractivity contribution in [3.8, 4) is 11.5 Å². The zero-order valence-corrected chi connectivity index (χ0v) is 13.3. The van der Waals surface area contributed by atoms with Crippen LogP contribution in [0.3, 0.4) is 0 Å². The van der Waals surface area contributed by atoms with Crippen LogP contribution in [0.15, 0.2) is 40.9 Å². The molecule has 0 heterocycles. The fourth-order valence-electron chi connectivity index (χ4n) is 1.78. The smallest absolute Gasteiger partial charge is 0.194 e. The van der Waals surface area contributed by atoms with Gasteiger partial charge in [0.2, 0.25) is 0 Å². The van der Waals surface area contributed by atoms with E-state index in [9.17, 15) is 4.79 Å². The minimum Gasteiger partial charge on any atom is -0.493 e. The first-order valence-electron chi connectivity index (χ1n) is 5.78. The van der Waals surface area contributed by atoms with E-state index in [1.807, 2.05) is 12.1 Å². The molecular weight excluding hydrogens is 344 g/mol. The van der Waals surface area contributed by atoms with Crippen molar-refractivity contribution in [1.29, 1.82) is 0 Å². The van der Waals surface area contributed by atoms with E-state index >= 15 is 0 Å². The zero-order chi connectivity index (χ0) is 14.7. The summed E-state index contributed by atoms with van der Waals surface area (Å²) in [4.78, 5) is 12.5. The van der Waals surface area contributed by atoms with Crippen molar-refractivity contribution in [2.24, 2.45) is 0 Å². The van der Waals surface area contributed by atoms with Gasteiger partial charge in [0.05, 0.1) is 19.2 Å². The lowest BCUT2D eigenvalue weighted by molar-refractivity contribution is 0.103. The molecular formula is C15H12BrClO3. The van der Waals surface area contributed by atoms with Gasteiger partial charge in [-0.15, -0.1) is 0 Å². The van der Waals surface area contributed by atoms with E-state index in [0.717, 1.165) is 4.47 Å². The van der Waals surface area contributed by atoms with Crippen LogP contribution in [0.1, 0.15) is 15.9 Å². The summed E-state index contributed by atoms with van der Waals surface area (Å²) in [6.07, 6.45) is 0. The third-order valence-electron chi connectivity index (χ3n) is 2.82. The Kier molecular flexibility index (Phi) is 4.68. The molecule has 0 aliphatic carbocycles. The van der Waals surface area contributed by atoms with Gasteiger partial charge in [-0.1, -0.05) is 27.5 Å². The van der Waals surface area contributed by atoms with E-state index < -0.39 is 0 Å². The van der Waals surface area contributed by atoms with Crippen LogP contribution in [-0.2, 0) is 0 Å². The van der Waals surface area contributed by atoms with Crippen molar-refractivity contribution in [2.75, 3.05) is 14.2 Å². The summed E-state index contributed by atoms with van der Waals surface area (Å²) in [5, 5.41) is 0.329. The van der Waals surface area contributed by atoms with Crippen molar-refractivity contribution in [3.63, 3.8) is 0 Å². The lowest BCUT2D eigenvalue weighted by Gasteiger charge is -2.11. The maximum Gasteiger partial charge on any atom is 0.194 e. The number of hydrogen-bond donors (Lipinski definition) is 0. The van der Waals surface area contributed by atoms with Gasteiger partial charge in [-0.2, -0.15) is 0 Å². The van der Waals surface area contributed by atoms with E-state index in [1.54, 1.807) is 24.3 Å². The average molecular weight is 356 g/mol. The standard InChI is InChI=1S/C15H12BrClO3/c1-19-13-7-11(12(17)8-14(13)20-2)15(18)9-3-5-10(16)6-4-9/h3-8H,1-2H3. The zero-order valence-electron chi connectivity index (χ0n) is 10.9. The Labute approximate surface area is 130 Å². The average Bonchev–Trinajstić information content (AvgIpc) is 2.47. The normalized spacial score (nSPS) is 10.2. The molecule has 2 aromatic carbocycles. The number of ketones is 1. The number of ether oxygens (including phenoxy) is 2. The van der Waals surface area contributed by atoms with Crippen molar-refractivity contribution in [1.82, 2.24) is 0 Å². The maximum atomic E-state index is 12.5. The molecule has 0 saturated heterocycles. The summed E-state index contributed by atoms with van der Waals surface area (Å²) in [5.74, 6) is 0.797. The Balaban J connectivity index is 2.46. The molecule has 0 saturated carbocycles. The predicted octanol–water partition coefficient (Wildman–Crippen LogP) is 4.35. The first kappa shape index (κ1) is 14.9. The van der Waals surface area contributed by atoms with E-state index in [2.05, 4.69) is 15.9 Å². The minimum atomic E-state index is -0.163. The Morgan fingerprint density at radius 1 is 1.05 bits per heavy atom. The molecule has 0 aliphatic rings. The lowest BCUT2D eigenvalue weighted by Crippen LogP contribution is -2.03. The number of methoxy groups -OCH3 is 2. The highest BCUT2D eigenvalue weighted by Crippen LogP contribution is 2.34. The van der Waals surface area contributed by atoms with Gasteiger partial charge < -0.3 is 9.47 Å². The van der Waals surface area contributed by atoms with Gasteiger partial charge in [-0.05, 0) is 30.3 Å². The number of benzene rings is 2. The van der Waals surface area contributed by atoms with Crippen molar-refractivity contribution in [2.45, 2.75) is 0 Å². The molecule has 0 atom stereocenters. The van der Waals surface area contributed by atoms with E-state index in [4.69, 9.17) is 21.1 Å². The van der Waals surface area contributed by atoms with Crippen LogP contribution in [0, 0.1) is 0 Å². The van der Waals surface area contributed by atoms with Crippen LogP contribution in [0.2, 0.25) is 5.02 Å². The van der Waals surface area contributed by atoms with Crippen LogP contribution in [0.5, 0.6) is 11.5 Å². The minimum absolute atomic E-state index is 0.163. The molecule has 20 heavy (non-hydrogen) atoms. The fourth-order valence-corrected chi connectivity index (χ4v) is 2.29. The van der Waals surface area contributed by atoms with Crippen LogP contribution in [-0.4, -0.2) is 20.0 Å². The Morgan fingerprint density at radius 3 is 2.15 bits per heavy atom. The van der Waals surface area contributed by atoms with Crippen LogP contribution in [0.25, 0.3) is 0 Å². The summed E-state index contributed by atoms with van der Waals surface area (Å²) in [5.41, 5.74) is 0.939. The van der Waals surface area contributed by atoms with E-state index in [-0.39, 0.29) is 5.78 Å². The van der Waals surface area contributed by atoms with Gasteiger partial charge in [-0.25, -0.2) is 0 Å². The topological polar surface area (TPSA) is 35.5 Å². The highest BCUT2D eigenvalue weighted by atomic mass is 79.9. The van der Waals surface area contributed by atoms with Crippen molar-refractivity contribution < 1.29 is 14.3 Å². The van der Waals surface area contributed by atoms with Crippen molar-refractivity contribution in [3.05, 3.63) is 57.0 Å². The summed E-state index contributed by atoms with van der Waals surface area (Å²) >= 11 is 9.48. The molecule has 0 spiro atoms. The molecule has 0 amide bonds. The fraction of sp³-hybridized carbons (Fsp3) is 0.133. The van der Waals surface area contributed by atoms with Gasteiger partial charge in [0, 0.05) is 21.7 Å². The SMILES string of the molecule is COc1cc(Cl)c(C(=O)c2ccc(Br)cc2)cc1OC. The van der Waals surface area contributed by atoms with Crippen LogP contribution < -0.4 is 9.47 Å². The second-order valence-corrected chi connectivity index (χ2v) is 5.35. The number of rotatable bonds is 4. The molecule has 0 bridgehead atoms. The summed E-state index contributed by atoms with van der Waals surface area (Å²) < 4.78 is 11.2. The van der Waals surface area contributed by atoms with Gasteiger partial charge in [0.1, 0.15) is 0 Å². The molecule has 2 rings (SSSR count). The van der Waals surface area contributed by atoms with Gasteiger partial charge in [0.15, 0.2) is 17.3 Å². The quantitative estimate of drug-likeness (QED) is 0.765. The van der Waals surface area contributed by atoms with Gasteiger partial charge in [-0.3, -0.25) is 4.79 Å². The molecule has 0 N–H and O–H groups in total. The van der Waals surface area contributed by atoms with Crippen molar-refractivity contribution >= 4 is 33.3 Å². The Hall–Kier alpha value is -1.52.